The van der Waals surface area contributed by atoms with Gasteiger partial charge in [0.2, 0.25) is 11.8 Å². The number of carbonyl (C=O) groups excluding carboxylic acids is 2. The number of hydrogen-bond acceptors (Lipinski definition) is 3. The van der Waals surface area contributed by atoms with Gasteiger partial charge in [0.15, 0.2) is 6.71 Å². The quantitative estimate of drug-likeness (QED) is 0.466. The molecule has 3 unspecified atom stereocenters. The van der Waals surface area contributed by atoms with E-state index >= 15 is 0 Å². The topological polar surface area (TPSA) is 70.2 Å². The van der Waals surface area contributed by atoms with Crippen molar-refractivity contribution in [2.75, 3.05) is 0 Å². The normalized spacial score (nSPS) is 19.1. The second-order valence-corrected chi connectivity index (χ2v) is 6.84. The Morgan fingerprint density at radius 1 is 1.14 bits per heavy atom. The van der Waals surface area contributed by atoms with Crippen molar-refractivity contribution >= 4 is 27.9 Å². The first-order valence-corrected chi connectivity index (χ1v) is 8.49. The molecule has 1 rings (SSSR count). The summed E-state index contributed by atoms with van der Waals surface area (Å²) in [4.78, 5) is 24.0. The summed E-state index contributed by atoms with van der Waals surface area (Å²) in [6.07, 6.45) is 4.93. The van der Waals surface area contributed by atoms with Crippen molar-refractivity contribution in [3.05, 3.63) is 0 Å². The van der Waals surface area contributed by atoms with Gasteiger partial charge in [-0.2, -0.15) is 0 Å². The predicted octanol–water partition coefficient (Wildman–Crippen LogP) is 1.23. The minimum atomic E-state index is -0.513. The summed E-state index contributed by atoms with van der Waals surface area (Å²) in [5, 5.41) is 8.61. The van der Waals surface area contributed by atoms with Crippen molar-refractivity contribution < 1.29 is 9.59 Å². The summed E-state index contributed by atoms with van der Waals surface area (Å²) in [7, 11) is 2.31. The van der Waals surface area contributed by atoms with Crippen molar-refractivity contribution in [2.24, 2.45) is 5.92 Å². The van der Waals surface area contributed by atoms with Crippen LogP contribution in [-0.4, -0.2) is 36.6 Å². The van der Waals surface area contributed by atoms with Gasteiger partial charge in [0, 0.05) is 5.94 Å². The van der Waals surface area contributed by atoms with Crippen LogP contribution < -0.4 is 15.7 Å². The SMILES string of the molecule is CB(C)[C@H](CC1CCC1)NC(=O)C(C)NC(=O)C(C)NP. The highest BCUT2D eigenvalue weighted by Gasteiger charge is 2.28. The molecule has 7 heteroatoms. The molecule has 0 bridgehead atoms. The summed E-state index contributed by atoms with van der Waals surface area (Å²) >= 11 is 0. The average molecular weight is 313 g/mol. The monoisotopic (exact) mass is 313 g/mol. The Labute approximate surface area is 131 Å². The molecule has 1 aliphatic rings. The highest BCUT2D eigenvalue weighted by atomic mass is 31.0. The molecule has 2 amide bonds. The van der Waals surface area contributed by atoms with Crippen LogP contribution in [0.25, 0.3) is 0 Å². The minimum absolute atomic E-state index is 0.0997. The highest BCUT2D eigenvalue weighted by molar-refractivity contribution is 7.13. The molecule has 120 valence electrons. The van der Waals surface area contributed by atoms with Crippen molar-refractivity contribution in [1.29, 1.82) is 0 Å². The third-order valence-electron chi connectivity index (χ3n) is 4.34. The third kappa shape index (κ3) is 5.95. The van der Waals surface area contributed by atoms with E-state index in [0.717, 1.165) is 12.3 Å². The highest BCUT2D eigenvalue weighted by Crippen LogP contribution is 2.30. The van der Waals surface area contributed by atoms with Crippen LogP contribution in [0.5, 0.6) is 0 Å². The molecule has 21 heavy (non-hydrogen) atoms. The molecule has 0 aliphatic heterocycles. The van der Waals surface area contributed by atoms with Crippen LogP contribution >= 0.6 is 9.39 Å². The Hall–Kier alpha value is -0.605. The third-order valence-corrected chi connectivity index (χ3v) is 4.84. The van der Waals surface area contributed by atoms with Crippen LogP contribution in [0.2, 0.25) is 13.6 Å². The Bertz CT molecular complexity index is 364. The summed E-state index contributed by atoms with van der Waals surface area (Å²) in [6, 6.07) is -0.845. The number of amides is 2. The number of rotatable bonds is 8. The van der Waals surface area contributed by atoms with E-state index in [9.17, 15) is 9.59 Å². The Morgan fingerprint density at radius 2 is 1.71 bits per heavy atom. The van der Waals surface area contributed by atoms with Crippen LogP contribution in [0.4, 0.5) is 0 Å². The van der Waals surface area contributed by atoms with E-state index in [4.69, 9.17) is 0 Å². The van der Waals surface area contributed by atoms with E-state index in [1.165, 1.54) is 19.3 Å². The Morgan fingerprint density at radius 3 is 2.14 bits per heavy atom. The second kappa shape index (κ2) is 8.74. The molecule has 1 fully saturated rings. The second-order valence-electron chi connectivity index (χ2n) is 6.51. The first kappa shape index (κ1) is 18.4. The lowest BCUT2D eigenvalue weighted by atomic mass is 9.46. The van der Waals surface area contributed by atoms with Gasteiger partial charge in [0.05, 0.1) is 6.04 Å². The first-order chi connectivity index (χ1) is 9.85. The smallest absolute Gasteiger partial charge is 0.241 e. The number of carbonyl (C=O) groups is 2. The van der Waals surface area contributed by atoms with Gasteiger partial charge in [-0.1, -0.05) is 42.3 Å². The number of nitrogens with one attached hydrogen (secondary N) is 3. The Kier molecular flexibility index (Phi) is 7.68. The fourth-order valence-electron chi connectivity index (χ4n) is 2.37. The van der Waals surface area contributed by atoms with E-state index in [-0.39, 0.29) is 23.8 Å². The first-order valence-electron chi connectivity index (χ1n) is 7.92. The molecule has 0 heterocycles. The van der Waals surface area contributed by atoms with Gasteiger partial charge in [-0.3, -0.25) is 14.7 Å². The van der Waals surface area contributed by atoms with E-state index in [0.29, 0.717) is 6.71 Å². The molecule has 0 radical (unpaired) electrons. The van der Waals surface area contributed by atoms with E-state index < -0.39 is 6.04 Å². The van der Waals surface area contributed by atoms with Gasteiger partial charge in [-0.05, 0) is 26.2 Å². The maximum absolute atomic E-state index is 12.2. The standard InChI is InChI=1S/C14H29BN3O2P/c1-9(16-14(20)10(2)18-21)13(19)17-12(15(3)4)8-11-6-5-7-11/h9-12,18H,5-8,21H2,1-4H3,(H,16,20)(H,17,19)/t9?,10?,12-/m0/s1. The van der Waals surface area contributed by atoms with Crippen molar-refractivity contribution in [2.45, 2.75) is 71.2 Å². The number of hydrogen-bond donors (Lipinski definition) is 3. The van der Waals surface area contributed by atoms with E-state index in [1.54, 1.807) is 13.8 Å². The molecule has 0 aromatic carbocycles. The van der Waals surface area contributed by atoms with Crippen molar-refractivity contribution in [3.63, 3.8) is 0 Å². The molecule has 0 spiro atoms. The molecule has 0 saturated heterocycles. The van der Waals surface area contributed by atoms with Gasteiger partial charge < -0.3 is 10.6 Å². The van der Waals surface area contributed by atoms with E-state index in [1.807, 2.05) is 0 Å². The molecule has 0 aromatic rings. The predicted molar refractivity (Wildman–Crippen MR) is 91.3 cm³/mol. The molecule has 4 atom stereocenters. The maximum Gasteiger partial charge on any atom is 0.241 e. The van der Waals surface area contributed by atoms with Gasteiger partial charge in [-0.25, -0.2) is 0 Å². The molecular formula is C14H29BN3O2P. The molecule has 3 N–H and O–H groups in total. The Balaban J connectivity index is 2.45. The summed E-state index contributed by atoms with van der Waals surface area (Å²) in [5.41, 5.74) is 0. The minimum Gasteiger partial charge on any atom is -0.359 e. The largest absolute Gasteiger partial charge is 0.359 e. The van der Waals surface area contributed by atoms with Crippen LogP contribution in [0.1, 0.15) is 39.5 Å². The summed E-state index contributed by atoms with van der Waals surface area (Å²) in [6.45, 7) is 8.15. The van der Waals surface area contributed by atoms with Crippen LogP contribution in [0.15, 0.2) is 0 Å². The van der Waals surface area contributed by atoms with Crippen LogP contribution in [-0.2, 0) is 9.59 Å². The van der Waals surface area contributed by atoms with Crippen LogP contribution in [0, 0.1) is 5.92 Å². The van der Waals surface area contributed by atoms with E-state index in [2.05, 4.69) is 38.8 Å². The fourth-order valence-corrected chi connectivity index (χ4v) is 2.52. The zero-order valence-electron chi connectivity index (χ0n) is 13.6. The van der Waals surface area contributed by atoms with Crippen molar-refractivity contribution in [1.82, 2.24) is 15.7 Å². The van der Waals surface area contributed by atoms with Gasteiger partial charge >= 0.3 is 0 Å². The maximum atomic E-state index is 12.2. The zero-order valence-corrected chi connectivity index (χ0v) is 14.8. The molecular weight excluding hydrogens is 284 g/mol. The van der Waals surface area contributed by atoms with Gasteiger partial charge in [0.25, 0.3) is 0 Å². The van der Waals surface area contributed by atoms with Crippen LogP contribution in [0.3, 0.4) is 0 Å². The zero-order chi connectivity index (χ0) is 16.0. The van der Waals surface area contributed by atoms with Gasteiger partial charge in [0.1, 0.15) is 6.04 Å². The average Bonchev–Trinajstić information content (AvgIpc) is 2.39. The fraction of sp³-hybridized carbons (Fsp3) is 0.857. The summed E-state index contributed by atoms with van der Waals surface area (Å²) < 4.78 is 0. The lowest BCUT2D eigenvalue weighted by molar-refractivity contribution is -0.129. The molecule has 1 aliphatic carbocycles. The molecule has 1 saturated carbocycles. The lowest BCUT2D eigenvalue weighted by Gasteiger charge is -2.32. The molecule has 0 aromatic heterocycles. The van der Waals surface area contributed by atoms with Crippen molar-refractivity contribution in [3.8, 4) is 0 Å². The van der Waals surface area contributed by atoms with Gasteiger partial charge in [-0.15, -0.1) is 0 Å². The summed E-state index contributed by atoms with van der Waals surface area (Å²) in [5.74, 6) is 0.674. The molecule has 5 nitrogen and oxygen atoms in total. The lowest BCUT2D eigenvalue weighted by Crippen LogP contribution is -2.54.